The van der Waals surface area contributed by atoms with Crippen LogP contribution >= 0.6 is 35.0 Å². The minimum Gasteiger partial charge on any atom is -0.496 e. The van der Waals surface area contributed by atoms with Crippen molar-refractivity contribution in [3.05, 3.63) is 130 Å². The van der Waals surface area contributed by atoms with Gasteiger partial charge in [0.2, 0.25) is 0 Å². The molecular formula is C32H28Cl2N4O3S. The molecule has 1 heterocycles. The first-order chi connectivity index (χ1) is 20.5. The van der Waals surface area contributed by atoms with E-state index in [-0.39, 0.29) is 11.5 Å². The number of nitrogens with one attached hydrogen (secondary N) is 1. The molecule has 0 saturated carbocycles. The summed E-state index contributed by atoms with van der Waals surface area (Å²) in [7, 11) is 3.03. The van der Waals surface area contributed by atoms with E-state index < -0.39 is 6.04 Å². The Morgan fingerprint density at radius 3 is 2.12 bits per heavy atom. The van der Waals surface area contributed by atoms with Crippen molar-refractivity contribution < 1.29 is 14.3 Å². The Morgan fingerprint density at radius 1 is 0.857 bits per heavy atom. The summed E-state index contributed by atoms with van der Waals surface area (Å²) in [6.45, 7) is 0. The van der Waals surface area contributed by atoms with Gasteiger partial charge in [0.25, 0.3) is 5.91 Å². The predicted molar refractivity (Wildman–Crippen MR) is 167 cm³/mol. The molecule has 1 amide bonds. The van der Waals surface area contributed by atoms with Gasteiger partial charge in [-0.1, -0.05) is 102 Å². The Kier molecular flexibility index (Phi) is 9.69. The molecule has 0 aliphatic carbocycles. The van der Waals surface area contributed by atoms with Crippen molar-refractivity contribution in [2.24, 2.45) is 0 Å². The van der Waals surface area contributed by atoms with Crippen molar-refractivity contribution in [1.29, 1.82) is 0 Å². The monoisotopic (exact) mass is 618 g/mol. The molecule has 0 aliphatic rings. The molecule has 1 unspecified atom stereocenters. The van der Waals surface area contributed by atoms with Gasteiger partial charge in [-0.05, 0) is 47.9 Å². The number of methoxy groups -OCH3 is 2. The molecule has 0 radical (unpaired) electrons. The van der Waals surface area contributed by atoms with E-state index in [1.807, 2.05) is 59.2 Å². The minimum atomic E-state index is -0.597. The number of thioether (sulfide) groups is 1. The summed E-state index contributed by atoms with van der Waals surface area (Å²) in [4.78, 5) is 13.9. The Labute approximate surface area is 258 Å². The molecule has 7 nitrogen and oxygen atoms in total. The second-order valence-corrected chi connectivity index (χ2v) is 11.1. The molecule has 0 saturated heterocycles. The van der Waals surface area contributed by atoms with Crippen LogP contribution in [0.3, 0.4) is 0 Å². The van der Waals surface area contributed by atoms with Crippen LogP contribution in [-0.2, 0) is 12.2 Å². The SMILES string of the molecule is COc1cccc(OC)c1C(=O)NC(Cc1ccccc1)c1nnc(SCc2ccccc2)n1-c1ccc(Cl)cc1Cl. The third-order valence-electron chi connectivity index (χ3n) is 6.57. The maximum Gasteiger partial charge on any atom is 0.259 e. The molecule has 5 aromatic rings. The Bertz CT molecular complexity index is 1640. The summed E-state index contributed by atoms with van der Waals surface area (Å²) in [5.74, 6) is 1.60. The standard InChI is InChI=1S/C32H28Cl2N4O3S/c1-40-27-14-9-15-28(41-2)29(27)31(39)35-25(18-21-10-5-3-6-11-21)30-36-37-32(42-20-22-12-7-4-8-13-22)38(30)26-17-16-23(33)19-24(26)34/h3-17,19,25H,18,20H2,1-2H3,(H,35,39). The van der Waals surface area contributed by atoms with Gasteiger partial charge in [0.1, 0.15) is 17.1 Å². The fourth-order valence-corrected chi connectivity index (χ4v) is 5.97. The van der Waals surface area contributed by atoms with E-state index in [1.165, 1.54) is 26.0 Å². The lowest BCUT2D eigenvalue weighted by Gasteiger charge is -2.22. The largest absolute Gasteiger partial charge is 0.496 e. The number of carbonyl (C=O) groups excluding carboxylic acids is 1. The highest BCUT2D eigenvalue weighted by Gasteiger charge is 2.28. The zero-order valence-electron chi connectivity index (χ0n) is 23.0. The molecule has 1 atom stereocenters. The average Bonchev–Trinajstić information content (AvgIpc) is 3.43. The van der Waals surface area contributed by atoms with Gasteiger partial charge < -0.3 is 14.8 Å². The van der Waals surface area contributed by atoms with Crippen LogP contribution in [0.4, 0.5) is 0 Å². The van der Waals surface area contributed by atoms with Crippen molar-refractivity contribution in [1.82, 2.24) is 20.1 Å². The van der Waals surface area contributed by atoms with Crippen LogP contribution < -0.4 is 14.8 Å². The van der Waals surface area contributed by atoms with Gasteiger partial charge in [-0.25, -0.2) is 0 Å². The molecule has 42 heavy (non-hydrogen) atoms. The summed E-state index contributed by atoms with van der Waals surface area (Å²) < 4.78 is 12.9. The molecule has 0 aliphatic heterocycles. The Morgan fingerprint density at radius 2 is 1.50 bits per heavy atom. The maximum atomic E-state index is 13.9. The van der Waals surface area contributed by atoms with E-state index in [1.54, 1.807) is 30.3 Å². The topological polar surface area (TPSA) is 78.3 Å². The normalized spacial score (nSPS) is 11.6. The van der Waals surface area contributed by atoms with E-state index in [0.29, 0.717) is 50.4 Å². The highest BCUT2D eigenvalue weighted by molar-refractivity contribution is 7.98. The summed E-state index contributed by atoms with van der Waals surface area (Å²) >= 11 is 14.5. The third kappa shape index (κ3) is 6.73. The van der Waals surface area contributed by atoms with Gasteiger partial charge >= 0.3 is 0 Å². The van der Waals surface area contributed by atoms with E-state index in [4.69, 9.17) is 32.7 Å². The molecule has 214 valence electrons. The lowest BCUT2D eigenvalue weighted by molar-refractivity contribution is 0.0928. The van der Waals surface area contributed by atoms with Crippen LogP contribution in [0.5, 0.6) is 11.5 Å². The number of amides is 1. The summed E-state index contributed by atoms with van der Waals surface area (Å²) in [6.07, 6.45) is 0.441. The number of halogens is 2. The maximum absolute atomic E-state index is 13.9. The number of benzene rings is 4. The number of hydrogen-bond donors (Lipinski definition) is 1. The van der Waals surface area contributed by atoms with Crippen molar-refractivity contribution in [3.63, 3.8) is 0 Å². The second kappa shape index (κ2) is 13.8. The first-order valence-corrected chi connectivity index (χ1v) is 14.9. The molecule has 0 fully saturated rings. The smallest absolute Gasteiger partial charge is 0.259 e. The number of rotatable bonds is 11. The van der Waals surface area contributed by atoms with Crippen LogP contribution in [0.15, 0.2) is 102 Å². The lowest BCUT2D eigenvalue weighted by Crippen LogP contribution is -2.32. The van der Waals surface area contributed by atoms with Gasteiger partial charge in [-0.2, -0.15) is 0 Å². The van der Waals surface area contributed by atoms with Crippen LogP contribution in [0, 0.1) is 0 Å². The van der Waals surface area contributed by atoms with Gasteiger partial charge in [0.15, 0.2) is 11.0 Å². The van der Waals surface area contributed by atoms with Gasteiger partial charge in [-0.3, -0.25) is 9.36 Å². The van der Waals surface area contributed by atoms with E-state index >= 15 is 0 Å². The first kappa shape index (κ1) is 29.5. The minimum absolute atomic E-state index is 0.287. The van der Waals surface area contributed by atoms with E-state index in [0.717, 1.165) is 11.1 Å². The average molecular weight is 620 g/mol. The molecule has 1 N–H and O–H groups in total. The fraction of sp³-hybridized carbons (Fsp3) is 0.156. The number of nitrogens with zero attached hydrogens (tertiary/aromatic N) is 3. The van der Waals surface area contributed by atoms with Crippen molar-refractivity contribution in [2.75, 3.05) is 14.2 Å². The fourth-order valence-electron chi connectivity index (χ4n) is 4.57. The Balaban J connectivity index is 1.60. The summed E-state index contributed by atoms with van der Waals surface area (Å²) in [5, 5.41) is 13.9. The van der Waals surface area contributed by atoms with Crippen molar-refractivity contribution >= 4 is 40.9 Å². The highest BCUT2D eigenvalue weighted by Crippen LogP contribution is 2.34. The molecule has 0 bridgehead atoms. The van der Waals surface area contributed by atoms with Crippen LogP contribution in [-0.4, -0.2) is 34.9 Å². The molecule has 5 rings (SSSR count). The molecular weight excluding hydrogens is 591 g/mol. The van der Waals surface area contributed by atoms with Gasteiger partial charge in [-0.15, -0.1) is 10.2 Å². The number of aromatic nitrogens is 3. The van der Waals surface area contributed by atoms with Crippen LogP contribution in [0.25, 0.3) is 5.69 Å². The molecule has 4 aromatic carbocycles. The van der Waals surface area contributed by atoms with Crippen LogP contribution in [0.2, 0.25) is 10.0 Å². The zero-order valence-corrected chi connectivity index (χ0v) is 25.3. The molecule has 1 aromatic heterocycles. The summed E-state index contributed by atoms with van der Waals surface area (Å²) in [6, 6.07) is 29.9. The lowest BCUT2D eigenvalue weighted by atomic mass is 10.0. The van der Waals surface area contributed by atoms with Gasteiger partial charge in [0.05, 0.1) is 31.0 Å². The zero-order chi connectivity index (χ0) is 29.5. The Hall–Kier alpha value is -3.98. The third-order valence-corrected chi connectivity index (χ3v) is 8.11. The number of hydrogen-bond acceptors (Lipinski definition) is 6. The first-order valence-electron chi connectivity index (χ1n) is 13.1. The number of ether oxygens (including phenoxy) is 2. The highest BCUT2D eigenvalue weighted by atomic mass is 35.5. The number of carbonyl (C=O) groups is 1. The molecule has 10 heteroatoms. The summed E-state index contributed by atoms with van der Waals surface area (Å²) in [5.41, 5.74) is 3.08. The van der Waals surface area contributed by atoms with E-state index in [2.05, 4.69) is 27.6 Å². The van der Waals surface area contributed by atoms with Crippen LogP contribution in [0.1, 0.15) is 33.4 Å². The van der Waals surface area contributed by atoms with Crippen molar-refractivity contribution in [3.8, 4) is 17.2 Å². The van der Waals surface area contributed by atoms with Gasteiger partial charge in [0, 0.05) is 10.8 Å². The second-order valence-electron chi connectivity index (χ2n) is 9.30. The quantitative estimate of drug-likeness (QED) is 0.154. The van der Waals surface area contributed by atoms with Crippen molar-refractivity contribution in [2.45, 2.75) is 23.4 Å². The molecule has 0 spiro atoms. The van der Waals surface area contributed by atoms with E-state index in [9.17, 15) is 4.79 Å². The predicted octanol–water partition coefficient (Wildman–Crippen LogP) is 7.60.